The summed E-state index contributed by atoms with van der Waals surface area (Å²) in [5.74, 6) is 0.429. The van der Waals surface area contributed by atoms with Crippen LogP contribution in [0, 0.1) is 5.92 Å². The van der Waals surface area contributed by atoms with Crippen LogP contribution in [0.2, 0.25) is 0 Å². The lowest BCUT2D eigenvalue weighted by Crippen LogP contribution is -2.45. The van der Waals surface area contributed by atoms with Crippen LogP contribution >= 0.6 is 15.9 Å². The lowest BCUT2D eigenvalue weighted by Gasteiger charge is -2.26. The fraction of sp³-hybridized carbons (Fsp3) is 0.538. The number of rotatable bonds is 5. The van der Waals surface area contributed by atoms with E-state index < -0.39 is 15.6 Å². The highest BCUT2D eigenvalue weighted by atomic mass is 79.9. The van der Waals surface area contributed by atoms with Gasteiger partial charge in [-0.1, -0.05) is 6.07 Å². The molecule has 1 aliphatic carbocycles. The van der Waals surface area contributed by atoms with Crippen molar-refractivity contribution in [2.75, 3.05) is 0 Å². The predicted molar refractivity (Wildman–Crippen MR) is 79.2 cm³/mol. The van der Waals surface area contributed by atoms with E-state index in [4.69, 9.17) is 5.73 Å². The predicted octanol–water partition coefficient (Wildman–Crippen LogP) is 2.37. The summed E-state index contributed by atoms with van der Waals surface area (Å²) in [6.45, 7) is 4.19. The van der Waals surface area contributed by atoms with E-state index in [2.05, 4.69) is 20.7 Å². The van der Waals surface area contributed by atoms with Crippen molar-refractivity contribution in [2.24, 2.45) is 11.7 Å². The Hall–Kier alpha value is -0.430. The Kier molecular flexibility index (Phi) is 4.07. The number of nitrogens with two attached hydrogens (primary N) is 1. The van der Waals surface area contributed by atoms with Crippen molar-refractivity contribution in [1.82, 2.24) is 4.72 Å². The number of sulfonamides is 1. The van der Waals surface area contributed by atoms with Gasteiger partial charge in [-0.2, -0.15) is 0 Å². The number of hydrogen-bond donors (Lipinski definition) is 2. The average Bonchev–Trinajstić information content (AvgIpc) is 3.12. The number of nitrogens with one attached hydrogen (secondary N) is 1. The smallest absolute Gasteiger partial charge is 0.242 e. The molecule has 0 radical (unpaired) electrons. The summed E-state index contributed by atoms with van der Waals surface area (Å²) in [5, 5.41) is 0. The van der Waals surface area contributed by atoms with Crippen LogP contribution in [0.15, 0.2) is 27.6 Å². The molecule has 0 heterocycles. The van der Waals surface area contributed by atoms with Gasteiger partial charge < -0.3 is 5.73 Å². The maximum Gasteiger partial charge on any atom is 0.242 e. The number of halogens is 1. The summed E-state index contributed by atoms with van der Waals surface area (Å²) >= 11 is 3.30. The first kappa shape index (κ1) is 15.0. The van der Waals surface area contributed by atoms with Crippen LogP contribution < -0.4 is 10.5 Å². The molecule has 0 bridgehead atoms. The average molecular weight is 347 g/mol. The van der Waals surface area contributed by atoms with E-state index in [0.29, 0.717) is 16.9 Å². The van der Waals surface area contributed by atoms with Crippen LogP contribution in [0.3, 0.4) is 0 Å². The van der Waals surface area contributed by atoms with Crippen LogP contribution in [0.25, 0.3) is 0 Å². The Morgan fingerprint density at radius 2 is 2.05 bits per heavy atom. The zero-order valence-corrected chi connectivity index (χ0v) is 13.5. The highest BCUT2D eigenvalue weighted by Gasteiger charge is 2.40. The monoisotopic (exact) mass is 346 g/mol. The minimum atomic E-state index is -3.54. The summed E-state index contributed by atoms with van der Waals surface area (Å²) in [4.78, 5) is 0.254. The van der Waals surface area contributed by atoms with E-state index >= 15 is 0 Å². The van der Waals surface area contributed by atoms with Gasteiger partial charge in [0.05, 0.1) is 4.90 Å². The molecule has 0 saturated heterocycles. The highest BCUT2D eigenvalue weighted by molar-refractivity contribution is 9.10. The molecular weight excluding hydrogens is 328 g/mol. The Morgan fingerprint density at radius 3 is 2.58 bits per heavy atom. The molecule has 0 spiro atoms. The van der Waals surface area contributed by atoms with Crippen LogP contribution in [0.4, 0.5) is 0 Å². The van der Waals surface area contributed by atoms with Crippen LogP contribution in [0.1, 0.15) is 32.3 Å². The molecule has 0 unspecified atom stereocenters. The Morgan fingerprint density at radius 1 is 1.42 bits per heavy atom. The van der Waals surface area contributed by atoms with E-state index in [-0.39, 0.29) is 4.90 Å². The van der Waals surface area contributed by atoms with E-state index in [1.54, 1.807) is 12.1 Å². The fourth-order valence-corrected chi connectivity index (χ4v) is 4.66. The van der Waals surface area contributed by atoms with Crippen molar-refractivity contribution < 1.29 is 8.42 Å². The molecule has 0 amide bonds. The molecule has 0 atom stereocenters. The first-order chi connectivity index (χ1) is 8.76. The molecule has 4 nitrogen and oxygen atoms in total. The minimum absolute atomic E-state index is 0.254. The summed E-state index contributed by atoms with van der Waals surface area (Å²) < 4.78 is 28.3. The highest BCUT2D eigenvalue weighted by Crippen LogP contribution is 2.40. The Balaban J connectivity index is 2.33. The zero-order chi connectivity index (χ0) is 14.3. The van der Waals surface area contributed by atoms with Gasteiger partial charge in [0.2, 0.25) is 10.0 Å². The van der Waals surface area contributed by atoms with Crippen molar-refractivity contribution in [2.45, 2.75) is 43.7 Å². The van der Waals surface area contributed by atoms with Gasteiger partial charge in [-0.15, -0.1) is 0 Å². The minimum Gasteiger partial charge on any atom is -0.326 e. The molecule has 0 aliphatic heterocycles. The molecule has 1 fully saturated rings. The summed E-state index contributed by atoms with van der Waals surface area (Å²) in [7, 11) is -3.54. The van der Waals surface area contributed by atoms with E-state index in [1.165, 1.54) is 0 Å². The number of hydrogen-bond acceptors (Lipinski definition) is 3. The summed E-state index contributed by atoms with van der Waals surface area (Å²) in [6, 6.07) is 5.16. The third kappa shape index (κ3) is 3.37. The molecule has 1 aliphatic rings. The Labute approximate surface area is 122 Å². The molecule has 19 heavy (non-hydrogen) atoms. The van der Waals surface area contributed by atoms with Gasteiger partial charge in [-0.25, -0.2) is 13.1 Å². The molecule has 3 N–H and O–H groups in total. The molecule has 0 aromatic heterocycles. The molecular formula is C13H19BrN2O2S. The second kappa shape index (κ2) is 5.16. The largest absolute Gasteiger partial charge is 0.326 e. The second-order valence-electron chi connectivity index (χ2n) is 5.57. The fourth-order valence-electron chi connectivity index (χ4n) is 2.17. The molecule has 1 aromatic carbocycles. The van der Waals surface area contributed by atoms with Crippen molar-refractivity contribution in [1.29, 1.82) is 0 Å². The normalized spacial score (nSPS) is 16.6. The van der Waals surface area contributed by atoms with Crippen LogP contribution in [0.5, 0.6) is 0 Å². The zero-order valence-electron chi connectivity index (χ0n) is 11.1. The second-order valence-corrected chi connectivity index (χ2v) is 8.08. The molecule has 1 saturated carbocycles. The van der Waals surface area contributed by atoms with Gasteiger partial charge in [0, 0.05) is 16.6 Å². The quantitative estimate of drug-likeness (QED) is 0.859. The molecule has 1 aromatic rings. The van der Waals surface area contributed by atoms with Gasteiger partial charge >= 0.3 is 0 Å². The van der Waals surface area contributed by atoms with Crippen molar-refractivity contribution >= 4 is 26.0 Å². The third-order valence-electron chi connectivity index (χ3n) is 3.52. The van der Waals surface area contributed by atoms with Crippen molar-refractivity contribution in [3.63, 3.8) is 0 Å². The standard InChI is InChI=1S/C13H19BrN2O2S/c1-13(2,10-4-5-10)16-19(17,18)12-7-9(8-15)3-6-11(12)14/h3,6-7,10,16H,4-5,8,15H2,1-2H3. The van der Waals surface area contributed by atoms with Gasteiger partial charge in [0.15, 0.2) is 0 Å². The van der Waals surface area contributed by atoms with E-state index in [9.17, 15) is 8.42 Å². The molecule has 6 heteroatoms. The summed E-state index contributed by atoms with van der Waals surface area (Å²) in [5.41, 5.74) is 5.96. The van der Waals surface area contributed by atoms with Gasteiger partial charge in [-0.3, -0.25) is 0 Å². The third-order valence-corrected chi connectivity index (χ3v) is 6.18. The van der Waals surface area contributed by atoms with Crippen LogP contribution in [-0.4, -0.2) is 14.0 Å². The van der Waals surface area contributed by atoms with Crippen molar-refractivity contribution in [3.8, 4) is 0 Å². The van der Waals surface area contributed by atoms with Crippen molar-refractivity contribution in [3.05, 3.63) is 28.2 Å². The lowest BCUT2D eigenvalue weighted by molar-refractivity contribution is 0.400. The van der Waals surface area contributed by atoms with Crippen LogP contribution in [-0.2, 0) is 16.6 Å². The van der Waals surface area contributed by atoms with Gasteiger partial charge in [0.25, 0.3) is 0 Å². The number of benzene rings is 1. The first-order valence-corrected chi connectivity index (χ1v) is 8.56. The van der Waals surface area contributed by atoms with Gasteiger partial charge in [0.1, 0.15) is 0 Å². The first-order valence-electron chi connectivity index (χ1n) is 6.29. The van der Waals surface area contributed by atoms with E-state index in [1.807, 2.05) is 19.9 Å². The maximum atomic E-state index is 12.5. The topological polar surface area (TPSA) is 72.2 Å². The van der Waals surface area contributed by atoms with E-state index in [0.717, 1.165) is 18.4 Å². The molecule has 106 valence electrons. The Bertz CT molecular complexity index is 580. The lowest BCUT2D eigenvalue weighted by atomic mass is 10.0. The molecule has 2 rings (SSSR count). The maximum absolute atomic E-state index is 12.5. The van der Waals surface area contributed by atoms with Gasteiger partial charge in [-0.05, 0) is 66.2 Å². The SMILES string of the molecule is CC(C)(NS(=O)(=O)c1cc(CN)ccc1Br)C1CC1. The summed E-state index contributed by atoms with van der Waals surface area (Å²) in [6.07, 6.45) is 2.17.